The van der Waals surface area contributed by atoms with Crippen LogP contribution in [-0.4, -0.2) is 17.8 Å². The lowest BCUT2D eigenvalue weighted by Crippen LogP contribution is -2.44. The van der Waals surface area contributed by atoms with Crippen LogP contribution in [0.5, 0.6) is 0 Å². The van der Waals surface area contributed by atoms with E-state index in [1.54, 1.807) is 0 Å². The van der Waals surface area contributed by atoms with Crippen molar-refractivity contribution >= 4 is 17.5 Å². The number of aryl methyl sites for hydroxylation is 2. The maximum absolute atomic E-state index is 12.3. The molecule has 1 unspecified atom stereocenters. The molecule has 1 atom stereocenters. The lowest BCUT2D eigenvalue weighted by molar-refractivity contribution is 0.0900. The summed E-state index contributed by atoms with van der Waals surface area (Å²) in [6.07, 6.45) is 0.779. The Bertz CT molecular complexity index is 428. The molecule has 0 spiro atoms. The first-order valence-electron chi connectivity index (χ1n) is 6.69. The molecule has 0 radical (unpaired) electrons. The fraction of sp³-hybridized carbons (Fsp3) is 0.562. The van der Waals surface area contributed by atoms with E-state index in [0.717, 1.165) is 23.1 Å². The highest BCUT2D eigenvalue weighted by Gasteiger charge is 2.26. The lowest BCUT2D eigenvalue weighted by atomic mass is 9.85. The summed E-state index contributed by atoms with van der Waals surface area (Å²) >= 11 is 5.83. The van der Waals surface area contributed by atoms with Gasteiger partial charge in [-0.05, 0) is 37.8 Å². The Morgan fingerprint density at radius 1 is 1.21 bits per heavy atom. The van der Waals surface area contributed by atoms with Crippen molar-refractivity contribution < 1.29 is 4.79 Å². The Balaban J connectivity index is 2.87. The van der Waals surface area contributed by atoms with E-state index in [1.807, 2.05) is 26.0 Å². The van der Waals surface area contributed by atoms with E-state index in [2.05, 4.69) is 32.2 Å². The van der Waals surface area contributed by atoms with Gasteiger partial charge in [0.1, 0.15) is 0 Å². The molecule has 0 heterocycles. The first-order valence-corrected chi connectivity index (χ1v) is 7.22. The molecular formula is C16H24ClNO. The minimum atomic E-state index is -0.0168. The summed E-state index contributed by atoms with van der Waals surface area (Å²) in [6.45, 7) is 10.4. The van der Waals surface area contributed by atoms with Gasteiger partial charge in [-0.25, -0.2) is 0 Å². The third-order valence-electron chi connectivity index (χ3n) is 3.23. The van der Waals surface area contributed by atoms with E-state index in [4.69, 9.17) is 11.6 Å². The number of hydrogen-bond acceptors (Lipinski definition) is 1. The summed E-state index contributed by atoms with van der Waals surface area (Å²) < 4.78 is 0. The molecule has 1 N–H and O–H groups in total. The number of carbonyl (C=O) groups excluding carboxylic acids is 1. The van der Waals surface area contributed by atoms with Crippen LogP contribution in [-0.2, 0) is 0 Å². The molecule has 1 aromatic carbocycles. The van der Waals surface area contributed by atoms with Gasteiger partial charge in [0.05, 0.1) is 0 Å². The molecule has 0 fully saturated rings. The monoisotopic (exact) mass is 281 g/mol. The van der Waals surface area contributed by atoms with Gasteiger partial charge in [0.15, 0.2) is 0 Å². The van der Waals surface area contributed by atoms with E-state index in [-0.39, 0.29) is 17.4 Å². The predicted octanol–water partition coefficient (Wildman–Crippen LogP) is 4.08. The van der Waals surface area contributed by atoms with Gasteiger partial charge in [0, 0.05) is 17.5 Å². The van der Waals surface area contributed by atoms with Gasteiger partial charge in [-0.1, -0.05) is 38.0 Å². The SMILES string of the molecule is Cc1cc(C)cc(C(=O)NC(CCCl)C(C)(C)C)c1. The van der Waals surface area contributed by atoms with Crippen molar-refractivity contribution in [3.05, 3.63) is 34.9 Å². The summed E-state index contributed by atoms with van der Waals surface area (Å²) in [5.74, 6) is 0.534. The molecule has 1 aromatic rings. The zero-order valence-corrected chi connectivity index (χ0v) is 13.3. The fourth-order valence-corrected chi connectivity index (χ4v) is 2.40. The second-order valence-corrected chi connectivity index (χ2v) is 6.62. The van der Waals surface area contributed by atoms with Crippen molar-refractivity contribution in [2.45, 2.75) is 47.1 Å². The van der Waals surface area contributed by atoms with Gasteiger partial charge in [0.25, 0.3) is 5.91 Å². The number of hydrogen-bond donors (Lipinski definition) is 1. The summed E-state index contributed by atoms with van der Waals surface area (Å²) in [5.41, 5.74) is 2.94. The number of rotatable bonds is 4. The first-order chi connectivity index (χ1) is 8.74. The molecule has 3 heteroatoms. The second kappa shape index (κ2) is 6.42. The predicted molar refractivity (Wildman–Crippen MR) is 82.0 cm³/mol. The number of carbonyl (C=O) groups is 1. The highest BCUT2D eigenvalue weighted by Crippen LogP contribution is 2.23. The molecule has 2 nitrogen and oxygen atoms in total. The molecule has 0 aliphatic carbocycles. The van der Waals surface area contributed by atoms with Crippen LogP contribution in [0.3, 0.4) is 0 Å². The highest BCUT2D eigenvalue weighted by atomic mass is 35.5. The molecular weight excluding hydrogens is 258 g/mol. The molecule has 19 heavy (non-hydrogen) atoms. The van der Waals surface area contributed by atoms with E-state index >= 15 is 0 Å². The summed E-state index contributed by atoms with van der Waals surface area (Å²) in [5, 5.41) is 3.11. The second-order valence-electron chi connectivity index (χ2n) is 6.25. The van der Waals surface area contributed by atoms with E-state index in [1.165, 1.54) is 0 Å². The molecule has 106 valence electrons. The maximum atomic E-state index is 12.3. The van der Waals surface area contributed by atoms with Gasteiger partial charge in [0.2, 0.25) is 0 Å². The molecule has 0 aliphatic heterocycles. The Labute approximate surface area is 121 Å². The Kier molecular flexibility index (Phi) is 5.42. The smallest absolute Gasteiger partial charge is 0.251 e. The van der Waals surface area contributed by atoms with Gasteiger partial charge >= 0.3 is 0 Å². The quantitative estimate of drug-likeness (QED) is 0.828. The Hall–Kier alpha value is -1.02. The van der Waals surface area contributed by atoms with E-state index in [9.17, 15) is 4.79 Å². The number of nitrogens with one attached hydrogen (secondary N) is 1. The molecule has 1 amide bonds. The van der Waals surface area contributed by atoms with Crippen LogP contribution in [0.4, 0.5) is 0 Å². The third-order valence-corrected chi connectivity index (χ3v) is 3.45. The molecule has 0 saturated carbocycles. The van der Waals surface area contributed by atoms with Crippen LogP contribution in [0, 0.1) is 19.3 Å². The van der Waals surface area contributed by atoms with Crippen molar-refractivity contribution in [1.82, 2.24) is 5.32 Å². The highest BCUT2D eigenvalue weighted by molar-refractivity contribution is 6.17. The van der Waals surface area contributed by atoms with Crippen LogP contribution < -0.4 is 5.32 Å². The molecule has 0 aliphatic rings. The first kappa shape index (κ1) is 16.0. The zero-order valence-electron chi connectivity index (χ0n) is 12.5. The van der Waals surface area contributed by atoms with Crippen molar-refractivity contribution in [3.8, 4) is 0 Å². The molecule has 0 bridgehead atoms. The largest absolute Gasteiger partial charge is 0.349 e. The summed E-state index contributed by atoms with van der Waals surface area (Å²) in [6, 6.07) is 5.99. The minimum Gasteiger partial charge on any atom is -0.349 e. The van der Waals surface area contributed by atoms with Crippen molar-refractivity contribution in [2.24, 2.45) is 5.41 Å². The number of halogens is 1. The fourth-order valence-electron chi connectivity index (χ4n) is 2.18. The molecule has 1 rings (SSSR count). The average molecular weight is 282 g/mol. The van der Waals surface area contributed by atoms with Crippen LogP contribution in [0.25, 0.3) is 0 Å². The third kappa shape index (κ3) is 4.87. The minimum absolute atomic E-state index is 0.00339. The normalized spacial score (nSPS) is 13.2. The van der Waals surface area contributed by atoms with Gasteiger partial charge < -0.3 is 5.32 Å². The van der Waals surface area contributed by atoms with E-state index < -0.39 is 0 Å². The van der Waals surface area contributed by atoms with Crippen LogP contribution in [0.15, 0.2) is 18.2 Å². The summed E-state index contributed by atoms with van der Waals surface area (Å²) in [4.78, 5) is 12.3. The standard InChI is InChI=1S/C16H24ClNO/c1-11-8-12(2)10-13(9-11)15(19)18-14(6-7-17)16(3,4)5/h8-10,14H,6-7H2,1-5H3,(H,18,19). The van der Waals surface area contributed by atoms with Crippen molar-refractivity contribution in [3.63, 3.8) is 0 Å². The van der Waals surface area contributed by atoms with Crippen molar-refractivity contribution in [2.75, 3.05) is 5.88 Å². The van der Waals surface area contributed by atoms with Crippen LogP contribution in [0.1, 0.15) is 48.7 Å². The Morgan fingerprint density at radius 2 is 1.74 bits per heavy atom. The summed E-state index contributed by atoms with van der Waals surface area (Å²) in [7, 11) is 0. The number of alkyl halides is 1. The average Bonchev–Trinajstić information content (AvgIpc) is 2.25. The number of benzene rings is 1. The Morgan fingerprint density at radius 3 is 2.16 bits per heavy atom. The van der Waals surface area contributed by atoms with Crippen LogP contribution in [0.2, 0.25) is 0 Å². The number of amides is 1. The maximum Gasteiger partial charge on any atom is 0.251 e. The molecule has 0 aromatic heterocycles. The zero-order chi connectivity index (χ0) is 14.6. The molecule has 0 saturated heterocycles. The van der Waals surface area contributed by atoms with Crippen LogP contribution >= 0.6 is 11.6 Å². The van der Waals surface area contributed by atoms with E-state index in [0.29, 0.717) is 5.88 Å². The van der Waals surface area contributed by atoms with Gasteiger partial charge in [-0.15, -0.1) is 11.6 Å². The lowest BCUT2D eigenvalue weighted by Gasteiger charge is -2.31. The topological polar surface area (TPSA) is 29.1 Å². The van der Waals surface area contributed by atoms with Gasteiger partial charge in [-0.3, -0.25) is 4.79 Å². The van der Waals surface area contributed by atoms with Gasteiger partial charge in [-0.2, -0.15) is 0 Å². The van der Waals surface area contributed by atoms with Crippen molar-refractivity contribution in [1.29, 1.82) is 0 Å².